The Bertz CT molecular complexity index is 526. The second-order valence-electron chi connectivity index (χ2n) is 7.40. The van der Waals surface area contributed by atoms with Crippen molar-refractivity contribution in [1.82, 2.24) is 24.7 Å². The fourth-order valence-corrected chi connectivity index (χ4v) is 3.91. The maximum Gasteiger partial charge on any atom is 0.193 e. The number of guanidine groups is 1. The lowest BCUT2D eigenvalue weighted by atomic mass is 9.93. The molecule has 2 aliphatic rings. The summed E-state index contributed by atoms with van der Waals surface area (Å²) in [5.41, 5.74) is 0. The Morgan fingerprint density at radius 3 is 2.83 bits per heavy atom. The Balaban J connectivity index is 1.66. The molecule has 0 bridgehead atoms. The molecule has 3 unspecified atom stereocenters. The SMILES string of the molecule is CCNC(=NCC1CCN(C)C1)N1CCC(C)C(n2ccnc2)C1. The summed E-state index contributed by atoms with van der Waals surface area (Å²) in [6.45, 7) is 10.8. The van der Waals surface area contributed by atoms with E-state index in [1.54, 1.807) is 0 Å². The van der Waals surface area contributed by atoms with Crippen molar-refractivity contribution < 1.29 is 0 Å². The number of aromatic nitrogens is 2. The van der Waals surface area contributed by atoms with Crippen molar-refractivity contribution in [1.29, 1.82) is 0 Å². The minimum atomic E-state index is 0.475. The van der Waals surface area contributed by atoms with Gasteiger partial charge in [-0.1, -0.05) is 6.92 Å². The van der Waals surface area contributed by atoms with Crippen LogP contribution in [0.25, 0.3) is 0 Å². The predicted molar refractivity (Wildman–Crippen MR) is 98.2 cm³/mol. The highest BCUT2D eigenvalue weighted by Gasteiger charge is 2.29. The molecule has 3 rings (SSSR count). The van der Waals surface area contributed by atoms with Crippen LogP contribution < -0.4 is 5.32 Å². The summed E-state index contributed by atoms with van der Waals surface area (Å²) in [5, 5.41) is 3.51. The van der Waals surface area contributed by atoms with Gasteiger partial charge in [0.25, 0.3) is 0 Å². The molecule has 0 aliphatic carbocycles. The summed E-state index contributed by atoms with van der Waals surface area (Å²) in [7, 11) is 2.21. The first-order chi connectivity index (χ1) is 11.7. The fourth-order valence-electron chi connectivity index (χ4n) is 3.91. The lowest BCUT2D eigenvalue weighted by Crippen LogP contribution is -2.49. The number of rotatable bonds is 4. The van der Waals surface area contributed by atoms with Crippen LogP contribution in [-0.2, 0) is 0 Å². The van der Waals surface area contributed by atoms with E-state index < -0.39 is 0 Å². The first-order valence-electron chi connectivity index (χ1n) is 9.36. The minimum absolute atomic E-state index is 0.475. The number of nitrogens with one attached hydrogen (secondary N) is 1. The van der Waals surface area contributed by atoms with Gasteiger partial charge in [-0.05, 0) is 45.2 Å². The average Bonchev–Trinajstić information content (AvgIpc) is 3.24. The van der Waals surface area contributed by atoms with Crippen LogP contribution in [0, 0.1) is 11.8 Å². The Kier molecular flexibility index (Phi) is 5.76. The number of hydrogen-bond donors (Lipinski definition) is 1. The first kappa shape index (κ1) is 17.3. The van der Waals surface area contributed by atoms with E-state index in [9.17, 15) is 0 Å². The van der Waals surface area contributed by atoms with Crippen LogP contribution in [0.4, 0.5) is 0 Å². The summed E-state index contributed by atoms with van der Waals surface area (Å²) in [6, 6.07) is 0.475. The maximum atomic E-state index is 4.97. The van der Waals surface area contributed by atoms with Crippen molar-refractivity contribution in [3.63, 3.8) is 0 Å². The van der Waals surface area contributed by atoms with E-state index in [0.29, 0.717) is 17.9 Å². The molecule has 3 atom stereocenters. The molecule has 134 valence electrons. The van der Waals surface area contributed by atoms with Gasteiger partial charge < -0.3 is 19.7 Å². The van der Waals surface area contributed by atoms with Crippen LogP contribution in [0.3, 0.4) is 0 Å². The molecular formula is C18H32N6. The van der Waals surface area contributed by atoms with Crippen molar-refractivity contribution in [2.45, 2.75) is 32.7 Å². The molecule has 2 saturated heterocycles. The fraction of sp³-hybridized carbons (Fsp3) is 0.778. The molecule has 1 aromatic heterocycles. The lowest BCUT2D eigenvalue weighted by Gasteiger charge is -2.39. The molecule has 0 amide bonds. The Morgan fingerprint density at radius 2 is 2.17 bits per heavy atom. The van der Waals surface area contributed by atoms with Crippen molar-refractivity contribution in [3.8, 4) is 0 Å². The zero-order chi connectivity index (χ0) is 16.9. The summed E-state index contributed by atoms with van der Waals surface area (Å²) in [6.07, 6.45) is 8.38. The van der Waals surface area contributed by atoms with Gasteiger partial charge in [-0.25, -0.2) is 4.98 Å². The third-order valence-electron chi connectivity index (χ3n) is 5.45. The molecule has 1 N–H and O–H groups in total. The number of imidazole rings is 1. The number of nitrogens with zero attached hydrogens (tertiary/aromatic N) is 5. The molecule has 0 radical (unpaired) electrons. The second-order valence-corrected chi connectivity index (χ2v) is 7.40. The summed E-state index contributed by atoms with van der Waals surface area (Å²) in [5.74, 6) is 2.46. The highest BCUT2D eigenvalue weighted by atomic mass is 15.3. The average molecular weight is 332 g/mol. The van der Waals surface area contributed by atoms with Crippen LogP contribution in [0.2, 0.25) is 0 Å². The van der Waals surface area contributed by atoms with E-state index in [1.165, 1.54) is 25.9 Å². The predicted octanol–water partition coefficient (Wildman–Crippen LogP) is 1.68. The van der Waals surface area contributed by atoms with Gasteiger partial charge in [-0.3, -0.25) is 4.99 Å². The largest absolute Gasteiger partial charge is 0.357 e. The minimum Gasteiger partial charge on any atom is -0.357 e. The Morgan fingerprint density at radius 1 is 1.29 bits per heavy atom. The normalized spacial score (nSPS) is 29.2. The second kappa shape index (κ2) is 8.01. The molecule has 0 saturated carbocycles. The molecule has 24 heavy (non-hydrogen) atoms. The molecule has 0 spiro atoms. The highest BCUT2D eigenvalue weighted by Crippen LogP contribution is 2.27. The molecule has 6 heteroatoms. The van der Waals surface area contributed by atoms with E-state index in [4.69, 9.17) is 4.99 Å². The van der Waals surface area contributed by atoms with Crippen molar-refractivity contribution >= 4 is 5.96 Å². The smallest absolute Gasteiger partial charge is 0.193 e. The molecule has 2 fully saturated rings. The summed E-state index contributed by atoms with van der Waals surface area (Å²) < 4.78 is 2.26. The van der Waals surface area contributed by atoms with E-state index in [2.05, 4.69) is 51.8 Å². The van der Waals surface area contributed by atoms with Crippen LogP contribution in [0.15, 0.2) is 23.7 Å². The van der Waals surface area contributed by atoms with Gasteiger partial charge >= 0.3 is 0 Å². The quantitative estimate of drug-likeness (QED) is 0.673. The molecule has 2 aliphatic heterocycles. The number of piperidine rings is 1. The van der Waals surface area contributed by atoms with Crippen molar-refractivity contribution in [3.05, 3.63) is 18.7 Å². The van der Waals surface area contributed by atoms with Gasteiger partial charge in [0.2, 0.25) is 0 Å². The first-order valence-corrected chi connectivity index (χ1v) is 9.36. The zero-order valence-corrected chi connectivity index (χ0v) is 15.4. The van der Waals surface area contributed by atoms with E-state index in [1.807, 2.05) is 12.5 Å². The van der Waals surface area contributed by atoms with E-state index >= 15 is 0 Å². The number of hydrogen-bond acceptors (Lipinski definition) is 3. The molecule has 6 nitrogen and oxygen atoms in total. The number of likely N-dealkylation sites (tertiary alicyclic amines) is 2. The van der Waals surface area contributed by atoms with Crippen LogP contribution in [0.5, 0.6) is 0 Å². The molecular weight excluding hydrogens is 300 g/mol. The van der Waals surface area contributed by atoms with Crippen LogP contribution >= 0.6 is 0 Å². The van der Waals surface area contributed by atoms with Crippen molar-refractivity contribution in [2.24, 2.45) is 16.8 Å². The number of aliphatic imine (C=N–C) groups is 1. The van der Waals surface area contributed by atoms with Crippen LogP contribution in [0.1, 0.15) is 32.7 Å². The van der Waals surface area contributed by atoms with Gasteiger partial charge in [-0.15, -0.1) is 0 Å². The van der Waals surface area contributed by atoms with Gasteiger partial charge in [0, 0.05) is 45.1 Å². The standard InChI is InChI=1S/C18H32N6/c1-4-20-18(21-11-16-6-8-22(3)12-16)23-9-5-15(2)17(13-23)24-10-7-19-14-24/h7,10,14-17H,4-6,8-9,11-13H2,1-3H3,(H,20,21). The van der Waals surface area contributed by atoms with Gasteiger partial charge in [0.15, 0.2) is 5.96 Å². The van der Waals surface area contributed by atoms with Crippen LogP contribution in [-0.4, -0.2) is 71.6 Å². The lowest BCUT2D eigenvalue weighted by molar-refractivity contribution is 0.189. The zero-order valence-electron chi connectivity index (χ0n) is 15.4. The Labute approximate surface area is 145 Å². The highest BCUT2D eigenvalue weighted by molar-refractivity contribution is 5.80. The third kappa shape index (κ3) is 4.09. The third-order valence-corrected chi connectivity index (χ3v) is 5.45. The van der Waals surface area contributed by atoms with E-state index in [-0.39, 0.29) is 0 Å². The van der Waals surface area contributed by atoms with E-state index in [0.717, 1.165) is 32.1 Å². The molecule has 1 aromatic rings. The molecule has 0 aromatic carbocycles. The topological polar surface area (TPSA) is 48.7 Å². The molecule has 3 heterocycles. The summed E-state index contributed by atoms with van der Waals surface area (Å²) in [4.78, 5) is 14.0. The summed E-state index contributed by atoms with van der Waals surface area (Å²) >= 11 is 0. The van der Waals surface area contributed by atoms with Gasteiger partial charge in [0.1, 0.15) is 0 Å². The van der Waals surface area contributed by atoms with Gasteiger partial charge in [0.05, 0.1) is 12.4 Å². The van der Waals surface area contributed by atoms with Gasteiger partial charge in [-0.2, -0.15) is 0 Å². The maximum absolute atomic E-state index is 4.97. The Hall–Kier alpha value is -1.56. The van der Waals surface area contributed by atoms with Crippen molar-refractivity contribution in [2.75, 3.05) is 46.3 Å². The monoisotopic (exact) mass is 332 g/mol.